The van der Waals surface area contributed by atoms with Gasteiger partial charge in [0, 0.05) is 58.0 Å². The molecule has 1 saturated heterocycles. The van der Waals surface area contributed by atoms with E-state index in [1.807, 2.05) is 0 Å². The Balaban J connectivity index is 0.985. The van der Waals surface area contributed by atoms with Crippen LogP contribution in [0.5, 0.6) is 0 Å². The number of allylic oxidation sites excluding steroid dienone is 7. The maximum absolute atomic E-state index is 3.89. The summed E-state index contributed by atoms with van der Waals surface area (Å²) in [5, 5.41) is 6.49. The van der Waals surface area contributed by atoms with E-state index in [1.165, 1.54) is 49.9 Å². The quantitative estimate of drug-likeness (QED) is 0.192. The van der Waals surface area contributed by atoms with Gasteiger partial charge in [-0.15, -0.1) is 0 Å². The van der Waals surface area contributed by atoms with Crippen LogP contribution >= 0.6 is 0 Å². The van der Waals surface area contributed by atoms with Crippen LogP contribution < -0.4 is 5.32 Å². The van der Waals surface area contributed by atoms with Gasteiger partial charge in [-0.3, -0.25) is 4.90 Å². The molecule has 244 valence electrons. The largest absolute Gasteiger partial charge is 0.378 e. The molecule has 3 aliphatic carbocycles. The van der Waals surface area contributed by atoms with Crippen LogP contribution in [-0.4, -0.2) is 27.6 Å². The van der Waals surface area contributed by atoms with Crippen LogP contribution in [0.1, 0.15) is 30.0 Å². The number of benzene rings is 4. The Labute approximate surface area is 294 Å². The van der Waals surface area contributed by atoms with Crippen LogP contribution in [-0.2, 0) is 0 Å². The summed E-state index contributed by atoms with van der Waals surface area (Å²) in [6.07, 6.45) is 30.9. The minimum atomic E-state index is 0.213. The first-order valence-corrected chi connectivity index (χ1v) is 18.3. The summed E-state index contributed by atoms with van der Waals surface area (Å²) in [6, 6.07) is 38.9. The first kappa shape index (κ1) is 29.5. The van der Waals surface area contributed by atoms with Gasteiger partial charge in [-0.2, -0.15) is 0 Å². The minimum Gasteiger partial charge on any atom is -0.378 e. The number of hydrogen-bond donors (Lipinski definition) is 1. The molecule has 5 aromatic rings. The lowest BCUT2D eigenvalue weighted by molar-refractivity contribution is 0.143. The van der Waals surface area contributed by atoms with Gasteiger partial charge in [0.25, 0.3) is 0 Å². The van der Waals surface area contributed by atoms with Crippen molar-refractivity contribution < 1.29 is 0 Å². The van der Waals surface area contributed by atoms with E-state index in [9.17, 15) is 0 Å². The fraction of sp³-hybridized carbons (Fsp3) is 0.191. The third kappa shape index (κ3) is 4.91. The van der Waals surface area contributed by atoms with E-state index in [2.05, 4.69) is 191 Å². The van der Waals surface area contributed by atoms with Crippen molar-refractivity contribution in [1.82, 2.24) is 14.8 Å². The molecule has 3 heteroatoms. The molecule has 10 rings (SSSR count). The maximum atomic E-state index is 3.89. The Kier molecular flexibility index (Phi) is 7.20. The summed E-state index contributed by atoms with van der Waals surface area (Å²) < 4.78 is 2.40. The summed E-state index contributed by atoms with van der Waals surface area (Å²) in [5.41, 5.74) is 8.95. The third-order valence-corrected chi connectivity index (χ3v) is 11.7. The number of nitrogens with zero attached hydrogens (tertiary/aromatic N) is 2. The molecule has 1 fully saturated rings. The molecular weight excluding hydrogens is 607 g/mol. The summed E-state index contributed by atoms with van der Waals surface area (Å²) in [4.78, 5) is 2.88. The van der Waals surface area contributed by atoms with Gasteiger partial charge < -0.3 is 9.88 Å². The van der Waals surface area contributed by atoms with Gasteiger partial charge in [-0.25, -0.2) is 0 Å². The van der Waals surface area contributed by atoms with Crippen LogP contribution in [0.15, 0.2) is 182 Å². The molecule has 0 radical (unpaired) electrons. The normalized spacial score (nSPS) is 28.4. The topological polar surface area (TPSA) is 20.2 Å². The molecule has 2 aliphatic heterocycles. The number of dihydropyridines is 1. The molecule has 7 unspecified atom stereocenters. The highest BCUT2D eigenvalue weighted by Gasteiger charge is 2.49. The van der Waals surface area contributed by atoms with Crippen LogP contribution in [0.3, 0.4) is 0 Å². The van der Waals surface area contributed by atoms with Crippen LogP contribution in [0.4, 0.5) is 0 Å². The molecule has 0 amide bonds. The highest BCUT2D eigenvalue weighted by molar-refractivity contribution is 6.10. The minimum absolute atomic E-state index is 0.213. The SMILES string of the molecule is C1=CC(c2ccccc2)NC(C2C=CCC(N3C4C=CC=CC4C4C=CC(c5ccc6c(c5)c5ccccc5n6-c5ccccc5)=CC43)C2)=C1. The molecule has 3 heterocycles. The number of fused-ring (bicyclic) bond motifs is 6. The number of rotatable bonds is 5. The number of aromatic nitrogens is 1. The Morgan fingerprint density at radius 3 is 2.32 bits per heavy atom. The number of nitrogens with one attached hydrogen (secondary N) is 1. The van der Waals surface area contributed by atoms with Crippen molar-refractivity contribution in [3.05, 3.63) is 193 Å². The summed E-state index contributed by atoms with van der Waals surface area (Å²) in [6.45, 7) is 0. The highest BCUT2D eigenvalue weighted by atomic mass is 15.3. The second-order valence-corrected chi connectivity index (χ2v) is 14.5. The van der Waals surface area contributed by atoms with E-state index in [0.717, 1.165) is 12.8 Å². The maximum Gasteiger partial charge on any atom is 0.0698 e. The lowest BCUT2D eigenvalue weighted by atomic mass is 9.81. The van der Waals surface area contributed by atoms with Gasteiger partial charge in [0.2, 0.25) is 0 Å². The second kappa shape index (κ2) is 12.2. The molecule has 3 nitrogen and oxygen atoms in total. The molecule has 4 aromatic carbocycles. The average molecular weight is 648 g/mol. The predicted octanol–water partition coefficient (Wildman–Crippen LogP) is 10.3. The monoisotopic (exact) mass is 647 g/mol. The average Bonchev–Trinajstić information content (AvgIpc) is 3.71. The fourth-order valence-corrected chi connectivity index (χ4v) is 9.45. The summed E-state index contributed by atoms with van der Waals surface area (Å²) in [5.74, 6) is 1.33. The van der Waals surface area contributed by atoms with Crippen molar-refractivity contribution in [2.45, 2.75) is 37.0 Å². The zero-order valence-corrected chi connectivity index (χ0v) is 28.1. The Morgan fingerprint density at radius 1 is 0.640 bits per heavy atom. The van der Waals surface area contributed by atoms with E-state index in [0.29, 0.717) is 35.9 Å². The molecule has 1 aromatic heterocycles. The van der Waals surface area contributed by atoms with Crippen molar-refractivity contribution in [2.75, 3.05) is 0 Å². The number of hydrogen-bond acceptors (Lipinski definition) is 2. The first-order chi connectivity index (χ1) is 24.8. The predicted molar refractivity (Wildman–Crippen MR) is 208 cm³/mol. The Hall–Kier alpha value is -5.38. The molecule has 1 N–H and O–H groups in total. The van der Waals surface area contributed by atoms with Crippen LogP contribution in [0.25, 0.3) is 33.1 Å². The Morgan fingerprint density at radius 2 is 1.42 bits per heavy atom. The van der Waals surface area contributed by atoms with Gasteiger partial charge in [-0.05, 0) is 65.9 Å². The van der Waals surface area contributed by atoms with Crippen molar-refractivity contribution >= 4 is 27.4 Å². The van der Waals surface area contributed by atoms with Crippen molar-refractivity contribution in [2.24, 2.45) is 17.8 Å². The smallest absolute Gasteiger partial charge is 0.0698 e. The molecule has 0 bridgehead atoms. The van der Waals surface area contributed by atoms with Gasteiger partial charge in [0.15, 0.2) is 0 Å². The molecular formula is C47H41N3. The van der Waals surface area contributed by atoms with E-state index < -0.39 is 0 Å². The fourth-order valence-electron chi connectivity index (χ4n) is 9.45. The highest BCUT2D eigenvalue weighted by Crippen LogP contribution is 2.47. The van der Waals surface area contributed by atoms with Crippen molar-refractivity contribution in [1.29, 1.82) is 0 Å². The van der Waals surface area contributed by atoms with Gasteiger partial charge in [0.1, 0.15) is 0 Å². The van der Waals surface area contributed by atoms with Gasteiger partial charge in [0.05, 0.1) is 17.1 Å². The standard InChI is InChI=1S/C47H41N3/c1-3-13-32(14-4-1)42-21-12-22-43(48-42)35-15-11-18-37(29-35)50-44-23-9-7-19-38(44)40-27-25-34(31-47(40)50)33-26-28-46-41(30-33)39-20-8-10-24-45(39)49(46)36-16-5-2-6-17-36/h1-17,19-28,30-31,35,37-38,40,42,44,47-48H,18,29H2. The van der Waals surface area contributed by atoms with Gasteiger partial charge >= 0.3 is 0 Å². The van der Waals surface area contributed by atoms with E-state index >= 15 is 0 Å². The summed E-state index contributed by atoms with van der Waals surface area (Å²) >= 11 is 0. The molecule has 0 spiro atoms. The molecule has 7 atom stereocenters. The lowest BCUT2D eigenvalue weighted by Gasteiger charge is -2.41. The van der Waals surface area contributed by atoms with E-state index in [4.69, 9.17) is 0 Å². The Bertz CT molecular complexity index is 2300. The zero-order chi connectivity index (χ0) is 33.0. The second-order valence-electron chi connectivity index (χ2n) is 14.5. The lowest BCUT2D eigenvalue weighted by Crippen LogP contribution is -2.46. The molecule has 5 aliphatic rings. The number of para-hydroxylation sites is 2. The van der Waals surface area contributed by atoms with Crippen molar-refractivity contribution in [3.8, 4) is 5.69 Å². The van der Waals surface area contributed by atoms with Crippen molar-refractivity contribution in [3.63, 3.8) is 0 Å². The summed E-state index contributed by atoms with van der Waals surface area (Å²) in [7, 11) is 0. The first-order valence-electron chi connectivity index (χ1n) is 18.3. The van der Waals surface area contributed by atoms with E-state index in [1.54, 1.807) is 0 Å². The molecule has 0 saturated carbocycles. The van der Waals surface area contributed by atoms with Gasteiger partial charge in [-0.1, -0.05) is 140 Å². The van der Waals surface area contributed by atoms with Crippen LogP contribution in [0, 0.1) is 17.8 Å². The number of likely N-dealkylation sites (tertiary alicyclic amines) is 1. The third-order valence-electron chi connectivity index (χ3n) is 11.7. The van der Waals surface area contributed by atoms with Crippen LogP contribution in [0.2, 0.25) is 0 Å². The zero-order valence-electron chi connectivity index (χ0n) is 28.1. The van der Waals surface area contributed by atoms with E-state index in [-0.39, 0.29) is 6.04 Å². The molecule has 50 heavy (non-hydrogen) atoms.